The van der Waals surface area contributed by atoms with E-state index in [1.807, 2.05) is 0 Å². The van der Waals surface area contributed by atoms with Crippen LogP contribution in [0.25, 0.3) is 0 Å². The Morgan fingerprint density at radius 3 is 2.94 bits per heavy atom. The molecule has 1 aliphatic rings. The number of piperidine rings is 1. The van der Waals surface area contributed by atoms with Crippen molar-refractivity contribution in [3.05, 3.63) is 28.0 Å². The SMILES string of the molecule is NCCC1CCCCN1Cc1cnc(Cl)cc1Cl. The monoisotopic (exact) mass is 287 g/mol. The first-order chi connectivity index (χ1) is 8.70. The lowest BCUT2D eigenvalue weighted by Gasteiger charge is -2.35. The second-order valence-corrected chi connectivity index (χ2v) is 5.59. The van der Waals surface area contributed by atoms with E-state index in [4.69, 9.17) is 28.9 Å². The number of nitrogens with two attached hydrogens (primary N) is 1. The van der Waals surface area contributed by atoms with E-state index in [9.17, 15) is 0 Å². The predicted octanol–water partition coefficient (Wildman–Crippen LogP) is 3.09. The largest absolute Gasteiger partial charge is 0.330 e. The molecule has 0 saturated carbocycles. The van der Waals surface area contributed by atoms with Crippen LogP contribution < -0.4 is 5.73 Å². The topological polar surface area (TPSA) is 42.1 Å². The van der Waals surface area contributed by atoms with Crippen molar-refractivity contribution in [1.29, 1.82) is 0 Å². The summed E-state index contributed by atoms with van der Waals surface area (Å²) in [5.41, 5.74) is 6.73. The normalized spacial score (nSPS) is 21.2. The van der Waals surface area contributed by atoms with Gasteiger partial charge in [0, 0.05) is 29.4 Å². The summed E-state index contributed by atoms with van der Waals surface area (Å²) in [6.07, 6.45) is 6.61. The Morgan fingerprint density at radius 2 is 2.22 bits per heavy atom. The maximum absolute atomic E-state index is 6.20. The highest BCUT2D eigenvalue weighted by molar-refractivity contribution is 6.34. The highest BCUT2D eigenvalue weighted by Crippen LogP contribution is 2.25. The molecule has 1 aromatic heterocycles. The second kappa shape index (κ2) is 6.71. The van der Waals surface area contributed by atoms with E-state index in [1.54, 1.807) is 12.3 Å². The van der Waals surface area contributed by atoms with Gasteiger partial charge in [0.05, 0.1) is 0 Å². The fourth-order valence-electron chi connectivity index (χ4n) is 2.56. The predicted molar refractivity (Wildman–Crippen MR) is 76.0 cm³/mol. The van der Waals surface area contributed by atoms with Crippen LogP contribution in [0.5, 0.6) is 0 Å². The van der Waals surface area contributed by atoms with E-state index >= 15 is 0 Å². The maximum atomic E-state index is 6.20. The van der Waals surface area contributed by atoms with Gasteiger partial charge in [0.15, 0.2) is 0 Å². The molecule has 1 aliphatic heterocycles. The van der Waals surface area contributed by atoms with Gasteiger partial charge in [-0.2, -0.15) is 0 Å². The molecule has 18 heavy (non-hydrogen) atoms. The van der Waals surface area contributed by atoms with Crippen molar-refractivity contribution in [3.8, 4) is 0 Å². The zero-order valence-electron chi connectivity index (χ0n) is 10.4. The molecule has 1 fully saturated rings. The molecular formula is C13H19Cl2N3. The quantitative estimate of drug-likeness (QED) is 0.866. The van der Waals surface area contributed by atoms with Crippen molar-refractivity contribution in [3.63, 3.8) is 0 Å². The van der Waals surface area contributed by atoms with E-state index in [2.05, 4.69) is 9.88 Å². The Hall–Kier alpha value is -0.350. The Balaban J connectivity index is 2.06. The van der Waals surface area contributed by atoms with E-state index < -0.39 is 0 Å². The average Bonchev–Trinajstić information content (AvgIpc) is 2.35. The number of hydrogen-bond donors (Lipinski definition) is 1. The summed E-state index contributed by atoms with van der Waals surface area (Å²) in [6, 6.07) is 2.29. The zero-order valence-corrected chi connectivity index (χ0v) is 11.9. The molecule has 0 amide bonds. The summed E-state index contributed by atoms with van der Waals surface area (Å²) in [4.78, 5) is 6.57. The van der Waals surface area contributed by atoms with Crippen LogP contribution in [0.4, 0.5) is 0 Å². The summed E-state index contributed by atoms with van der Waals surface area (Å²) < 4.78 is 0. The van der Waals surface area contributed by atoms with Gasteiger partial charge in [-0.3, -0.25) is 4.90 Å². The smallest absolute Gasteiger partial charge is 0.130 e. The van der Waals surface area contributed by atoms with Gasteiger partial charge in [-0.1, -0.05) is 29.6 Å². The number of likely N-dealkylation sites (tertiary alicyclic amines) is 1. The molecule has 1 saturated heterocycles. The molecule has 2 N–H and O–H groups in total. The molecule has 0 aromatic carbocycles. The van der Waals surface area contributed by atoms with E-state index in [0.717, 1.165) is 31.6 Å². The molecular weight excluding hydrogens is 269 g/mol. The van der Waals surface area contributed by atoms with Crippen LogP contribution in [0.2, 0.25) is 10.2 Å². The van der Waals surface area contributed by atoms with Gasteiger partial charge in [-0.15, -0.1) is 0 Å². The van der Waals surface area contributed by atoms with Gasteiger partial charge >= 0.3 is 0 Å². The molecule has 5 heteroatoms. The van der Waals surface area contributed by atoms with E-state index in [0.29, 0.717) is 16.2 Å². The van der Waals surface area contributed by atoms with Crippen LogP contribution in [-0.4, -0.2) is 29.0 Å². The molecule has 0 bridgehead atoms. The van der Waals surface area contributed by atoms with E-state index in [1.165, 1.54) is 19.3 Å². The minimum absolute atomic E-state index is 0.445. The van der Waals surface area contributed by atoms with Crippen LogP contribution in [0.1, 0.15) is 31.2 Å². The fraction of sp³-hybridized carbons (Fsp3) is 0.615. The fourth-order valence-corrected chi connectivity index (χ4v) is 2.98. The number of aromatic nitrogens is 1. The summed E-state index contributed by atoms with van der Waals surface area (Å²) in [5, 5.41) is 1.15. The van der Waals surface area contributed by atoms with Crippen molar-refractivity contribution in [2.24, 2.45) is 5.73 Å². The average molecular weight is 288 g/mol. The number of pyridine rings is 1. The number of hydrogen-bond acceptors (Lipinski definition) is 3. The van der Waals surface area contributed by atoms with Gasteiger partial charge in [0.2, 0.25) is 0 Å². The Kier molecular flexibility index (Phi) is 5.25. The van der Waals surface area contributed by atoms with Crippen molar-refractivity contribution >= 4 is 23.2 Å². The number of rotatable bonds is 4. The maximum Gasteiger partial charge on any atom is 0.130 e. The third-order valence-electron chi connectivity index (χ3n) is 3.52. The zero-order chi connectivity index (χ0) is 13.0. The third-order valence-corrected chi connectivity index (χ3v) is 4.08. The summed E-state index contributed by atoms with van der Waals surface area (Å²) >= 11 is 12.0. The van der Waals surface area contributed by atoms with Gasteiger partial charge in [-0.25, -0.2) is 4.98 Å². The van der Waals surface area contributed by atoms with Gasteiger partial charge < -0.3 is 5.73 Å². The molecule has 100 valence electrons. The number of nitrogens with zero attached hydrogens (tertiary/aromatic N) is 2. The Labute approximate surface area is 118 Å². The lowest BCUT2D eigenvalue weighted by Crippen LogP contribution is -2.40. The first-order valence-electron chi connectivity index (χ1n) is 6.44. The first kappa shape index (κ1) is 14.1. The first-order valence-corrected chi connectivity index (χ1v) is 7.20. The van der Waals surface area contributed by atoms with Gasteiger partial charge in [0.25, 0.3) is 0 Å². The van der Waals surface area contributed by atoms with Gasteiger partial charge in [-0.05, 0) is 38.4 Å². The highest BCUT2D eigenvalue weighted by atomic mass is 35.5. The summed E-state index contributed by atoms with van der Waals surface area (Å²) in [6.45, 7) is 2.70. The van der Waals surface area contributed by atoms with Crippen molar-refractivity contribution < 1.29 is 0 Å². The minimum atomic E-state index is 0.445. The Morgan fingerprint density at radius 1 is 1.39 bits per heavy atom. The molecule has 2 rings (SSSR count). The van der Waals surface area contributed by atoms with Gasteiger partial charge in [0.1, 0.15) is 5.15 Å². The molecule has 3 nitrogen and oxygen atoms in total. The highest BCUT2D eigenvalue weighted by Gasteiger charge is 2.22. The minimum Gasteiger partial charge on any atom is -0.330 e. The molecule has 0 radical (unpaired) electrons. The lowest BCUT2D eigenvalue weighted by atomic mass is 9.99. The summed E-state index contributed by atoms with van der Waals surface area (Å²) in [7, 11) is 0. The van der Waals surface area contributed by atoms with Crippen LogP contribution >= 0.6 is 23.2 Å². The van der Waals surface area contributed by atoms with Crippen molar-refractivity contribution in [2.45, 2.75) is 38.3 Å². The Bertz CT molecular complexity index is 396. The summed E-state index contributed by atoms with van der Waals surface area (Å²) in [5.74, 6) is 0. The molecule has 0 spiro atoms. The van der Waals surface area contributed by atoms with Crippen LogP contribution in [0, 0.1) is 0 Å². The lowest BCUT2D eigenvalue weighted by molar-refractivity contribution is 0.134. The second-order valence-electron chi connectivity index (χ2n) is 4.80. The van der Waals surface area contributed by atoms with Crippen LogP contribution in [-0.2, 0) is 6.54 Å². The number of halogens is 2. The van der Waals surface area contributed by atoms with Crippen LogP contribution in [0.3, 0.4) is 0 Å². The molecule has 0 aliphatic carbocycles. The van der Waals surface area contributed by atoms with Crippen molar-refractivity contribution in [2.75, 3.05) is 13.1 Å². The molecule has 1 atom stereocenters. The van der Waals surface area contributed by atoms with Crippen molar-refractivity contribution in [1.82, 2.24) is 9.88 Å². The van der Waals surface area contributed by atoms with E-state index in [-0.39, 0.29) is 0 Å². The van der Waals surface area contributed by atoms with Crippen LogP contribution in [0.15, 0.2) is 12.3 Å². The molecule has 1 aromatic rings. The standard InChI is InChI=1S/C13H19Cl2N3/c14-12-7-13(15)17-8-10(12)9-18-6-2-1-3-11(18)4-5-16/h7-8,11H,1-6,9,16H2. The third kappa shape index (κ3) is 3.58. The molecule has 2 heterocycles. The molecule has 1 unspecified atom stereocenters.